The van der Waals surface area contributed by atoms with Gasteiger partial charge < -0.3 is 4.90 Å². The first-order chi connectivity index (χ1) is 11.2. The second-order valence-electron chi connectivity index (χ2n) is 5.47. The molecule has 0 bridgehead atoms. The van der Waals surface area contributed by atoms with Crippen LogP contribution in [-0.2, 0) is 23.0 Å². The predicted octanol–water partition coefficient (Wildman–Crippen LogP) is 2.77. The Bertz CT molecular complexity index is 818. The van der Waals surface area contributed by atoms with Gasteiger partial charge in [0.1, 0.15) is 0 Å². The number of nitrogens with one attached hydrogen (secondary N) is 1. The molecule has 1 heterocycles. The first-order valence-electron chi connectivity index (χ1n) is 7.28. The fraction of sp³-hybridized carbons (Fsp3) is 0.312. The van der Waals surface area contributed by atoms with Crippen LogP contribution in [0.15, 0.2) is 36.4 Å². The Labute approximate surface area is 151 Å². The molecule has 1 aromatic heterocycles. The highest BCUT2D eigenvalue weighted by atomic mass is 35.5. The summed E-state index contributed by atoms with van der Waals surface area (Å²) in [6, 6.07) is 11.0. The molecule has 0 radical (unpaired) electrons. The van der Waals surface area contributed by atoms with Crippen molar-refractivity contribution in [2.75, 3.05) is 19.8 Å². The maximum absolute atomic E-state index is 12.5. The number of rotatable bonds is 7. The number of hydrogen-bond acceptors (Lipinski definition) is 4. The molecule has 0 saturated carbocycles. The molecule has 0 fully saturated rings. The first-order valence-corrected chi connectivity index (χ1v) is 10.4. The van der Waals surface area contributed by atoms with E-state index in [9.17, 15) is 13.2 Å². The van der Waals surface area contributed by atoms with Crippen molar-refractivity contribution in [2.45, 2.75) is 13.0 Å². The summed E-state index contributed by atoms with van der Waals surface area (Å²) in [4.78, 5) is 15.7. The van der Waals surface area contributed by atoms with Gasteiger partial charge in [-0.1, -0.05) is 23.7 Å². The van der Waals surface area contributed by atoms with E-state index < -0.39 is 10.0 Å². The van der Waals surface area contributed by atoms with E-state index in [4.69, 9.17) is 11.6 Å². The van der Waals surface area contributed by atoms with Crippen molar-refractivity contribution in [1.82, 2.24) is 9.62 Å². The Morgan fingerprint density at radius 1 is 1.29 bits per heavy atom. The third kappa shape index (κ3) is 5.90. The Kier molecular flexibility index (Phi) is 6.40. The van der Waals surface area contributed by atoms with E-state index in [0.29, 0.717) is 29.4 Å². The summed E-state index contributed by atoms with van der Waals surface area (Å²) >= 11 is 7.34. The summed E-state index contributed by atoms with van der Waals surface area (Å²) in [7, 11) is -1.44. The predicted molar refractivity (Wildman–Crippen MR) is 98.1 cm³/mol. The number of thiophene rings is 1. The maximum atomic E-state index is 12.5. The van der Waals surface area contributed by atoms with E-state index in [0.717, 1.165) is 16.7 Å². The lowest BCUT2D eigenvalue weighted by atomic mass is 10.2. The molecular weight excluding hydrogens is 368 g/mol. The molecule has 2 aromatic rings. The average Bonchev–Trinajstić information content (AvgIpc) is 2.94. The highest BCUT2D eigenvalue weighted by Crippen LogP contribution is 2.20. The smallest absolute Gasteiger partial charge is 0.263 e. The van der Waals surface area contributed by atoms with Crippen molar-refractivity contribution in [2.24, 2.45) is 0 Å². The molecule has 5 nitrogen and oxygen atoms in total. The second-order valence-corrected chi connectivity index (χ2v) is 8.91. The summed E-state index contributed by atoms with van der Waals surface area (Å²) in [6.07, 6.45) is 1.68. The Morgan fingerprint density at radius 2 is 2.04 bits per heavy atom. The minimum absolute atomic E-state index is 0.0673. The quantitative estimate of drug-likeness (QED) is 0.795. The number of benzene rings is 1. The van der Waals surface area contributed by atoms with Gasteiger partial charge in [-0.3, -0.25) is 4.79 Å². The standard InChI is InChI=1S/C16H19ClN2O3S2/c1-19(11-12-4-3-5-13(17)10-12)16(20)15-7-6-14(23-15)8-9-18-24(2,21)22/h3-7,10,18H,8-9,11H2,1-2H3. The third-order valence-electron chi connectivity index (χ3n) is 3.26. The number of nitrogens with zero attached hydrogens (tertiary/aromatic N) is 1. The Balaban J connectivity index is 1.94. The van der Waals surface area contributed by atoms with Gasteiger partial charge in [-0.25, -0.2) is 13.1 Å². The maximum Gasteiger partial charge on any atom is 0.263 e. The van der Waals surface area contributed by atoms with E-state index in [2.05, 4.69) is 4.72 Å². The lowest BCUT2D eigenvalue weighted by molar-refractivity contribution is 0.0790. The topological polar surface area (TPSA) is 66.5 Å². The molecule has 0 atom stereocenters. The van der Waals surface area contributed by atoms with Crippen LogP contribution in [0, 0.1) is 0 Å². The van der Waals surface area contributed by atoms with Gasteiger partial charge in [0.05, 0.1) is 11.1 Å². The summed E-state index contributed by atoms with van der Waals surface area (Å²) in [5.41, 5.74) is 0.965. The van der Waals surface area contributed by atoms with Gasteiger partial charge in [0.25, 0.3) is 5.91 Å². The van der Waals surface area contributed by atoms with Gasteiger partial charge in [0.2, 0.25) is 10.0 Å². The molecule has 1 amide bonds. The van der Waals surface area contributed by atoms with Gasteiger partial charge in [-0.2, -0.15) is 0 Å². The number of halogens is 1. The summed E-state index contributed by atoms with van der Waals surface area (Å²) in [5.74, 6) is -0.0673. The molecule has 130 valence electrons. The molecule has 1 N–H and O–H groups in total. The molecule has 24 heavy (non-hydrogen) atoms. The first kappa shape index (κ1) is 18.9. The van der Waals surface area contributed by atoms with E-state index in [1.807, 2.05) is 24.3 Å². The Morgan fingerprint density at radius 3 is 2.71 bits per heavy atom. The third-order valence-corrected chi connectivity index (χ3v) is 5.36. The number of sulfonamides is 1. The SMILES string of the molecule is CN(Cc1cccc(Cl)c1)C(=O)c1ccc(CCNS(C)(=O)=O)s1. The lowest BCUT2D eigenvalue weighted by Crippen LogP contribution is -2.25. The largest absolute Gasteiger partial charge is 0.337 e. The molecule has 0 unspecified atom stereocenters. The van der Waals surface area contributed by atoms with E-state index in [1.54, 1.807) is 24.1 Å². The van der Waals surface area contributed by atoms with Crippen LogP contribution in [0.1, 0.15) is 20.1 Å². The van der Waals surface area contributed by atoms with Crippen LogP contribution in [0.3, 0.4) is 0 Å². The molecule has 0 aliphatic rings. The number of carbonyl (C=O) groups is 1. The monoisotopic (exact) mass is 386 g/mol. The van der Waals surface area contributed by atoms with Crippen molar-refractivity contribution in [3.05, 3.63) is 56.7 Å². The minimum atomic E-state index is -3.19. The van der Waals surface area contributed by atoms with Gasteiger partial charge in [0, 0.05) is 30.0 Å². The van der Waals surface area contributed by atoms with Gasteiger partial charge in [-0.15, -0.1) is 11.3 Å². The zero-order valence-electron chi connectivity index (χ0n) is 13.5. The van der Waals surface area contributed by atoms with Crippen LogP contribution in [0.4, 0.5) is 0 Å². The molecule has 8 heteroatoms. The van der Waals surface area contributed by atoms with Gasteiger partial charge in [0.15, 0.2) is 0 Å². The summed E-state index contributed by atoms with van der Waals surface area (Å²) < 4.78 is 24.5. The van der Waals surface area contributed by atoms with Crippen LogP contribution in [0.25, 0.3) is 0 Å². The van der Waals surface area contributed by atoms with Crippen molar-refractivity contribution in [3.63, 3.8) is 0 Å². The normalized spacial score (nSPS) is 11.5. The molecular formula is C16H19ClN2O3S2. The summed E-state index contributed by atoms with van der Waals surface area (Å²) in [6.45, 7) is 0.799. The molecule has 0 aliphatic carbocycles. The second kappa shape index (κ2) is 8.11. The number of amides is 1. The molecule has 0 saturated heterocycles. The minimum Gasteiger partial charge on any atom is -0.337 e. The van der Waals surface area contributed by atoms with Gasteiger partial charge in [-0.05, 0) is 36.2 Å². The van der Waals surface area contributed by atoms with Crippen LogP contribution in [-0.4, -0.2) is 39.1 Å². The Hall–Kier alpha value is -1.41. The highest BCUT2D eigenvalue weighted by molar-refractivity contribution is 7.88. The molecule has 2 rings (SSSR count). The fourth-order valence-electron chi connectivity index (χ4n) is 2.16. The fourth-order valence-corrected chi connectivity index (χ4v) is 3.84. The molecule has 1 aromatic carbocycles. The van der Waals surface area contributed by atoms with E-state index in [1.165, 1.54) is 11.3 Å². The summed E-state index contributed by atoms with van der Waals surface area (Å²) in [5, 5.41) is 0.644. The zero-order valence-corrected chi connectivity index (χ0v) is 15.8. The molecule has 0 aliphatic heterocycles. The van der Waals surface area contributed by atoms with Crippen molar-refractivity contribution in [3.8, 4) is 0 Å². The van der Waals surface area contributed by atoms with Crippen molar-refractivity contribution >= 4 is 38.9 Å². The van der Waals surface area contributed by atoms with Gasteiger partial charge >= 0.3 is 0 Å². The zero-order chi connectivity index (χ0) is 17.7. The van der Waals surface area contributed by atoms with Crippen LogP contribution >= 0.6 is 22.9 Å². The molecule has 0 spiro atoms. The van der Waals surface area contributed by atoms with E-state index in [-0.39, 0.29) is 5.91 Å². The average molecular weight is 387 g/mol. The number of carbonyl (C=O) groups excluding carboxylic acids is 1. The van der Waals surface area contributed by atoms with Crippen LogP contribution in [0.5, 0.6) is 0 Å². The van der Waals surface area contributed by atoms with E-state index >= 15 is 0 Å². The van der Waals surface area contributed by atoms with Crippen molar-refractivity contribution in [1.29, 1.82) is 0 Å². The van der Waals surface area contributed by atoms with Crippen LogP contribution < -0.4 is 4.72 Å². The number of hydrogen-bond donors (Lipinski definition) is 1. The van der Waals surface area contributed by atoms with Crippen LogP contribution in [0.2, 0.25) is 5.02 Å². The lowest BCUT2D eigenvalue weighted by Gasteiger charge is -2.16. The van der Waals surface area contributed by atoms with Crippen molar-refractivity contribution < 1.29 is 13.2 Å². The highest BCUT2D eigenvalue weighted by Gasteiger charge is 2.15.